The van der Waals surface area contributed by atoms with Gasteiger partial charge in [-0.15, -0.1) is 0 Å². The van der Waals surface area contributed by atoms with Crippen LogP contribution >= 0.6 is 79.6 Å². The summed E-state index contributed by atoms with van der Waals surface area (Å²) in [4.78, 5) is 32.8. The van der Waals surface area contributed by atoms with Crippen molar-refractivity contribution in [3.05, 3.63) is 172 Å². The second-order valence-corrected chi connectivity index (χ2v) is 18.3. The lowest BCUT2D eigenvalue weighted by molar-refractivity contribution is -0.131. The van der Waals surface area contributed by atoms with E-state index in [1.165, 1.54) is 18.2 Å². The molecule has 7 heterocycles. The maximum Gasteiger partial charge on any atom is 0.246 e. The van der Waals surface area contributed by atoms with E-state index in [0.29, 0.717) is 70.5 Å². The molecule has 0 aliphatic carbocycles. The average molecular weight is 1220 g/mol. The van der Waals surface area contributed by atoms with E-state index >= 15 is 0 Å². The molecular formula is C45H37Br5F3N9O4. The number of pyridine rings is 3. The van der Waals surface area contributed by atoms with E-state index in [2.05, 4.69) is 115 Å². The van der Waals surface area contributed by atoms with Crippen molar-refractivity contribution in [2.75, 3.05) is 44.1 Å². The zero-order valence-electron chi connectivity index (χ0n) is 34.3. The number of nitrogens with zero attached hydrogens (tertiary/aromatic N) is 6. The highest BCUT2D eigenvalue weighted by Gasteiger charge is 2.28. The number of amides is 1. The van der Waals surface area contributed by atoms with Crippen LogP contribution < -0.4 is 16.4 Å². The number of amidine groups is 1. The molecule has 0 radical (unpaired) electrons. The quantitative estimate of drug-likeness (QED) is 0.145. The third kappa shape index (κ3) is 12.9. The molecule has 7 aromatic rings. The van der Waals surface area contributed by atoms with Gasteiger partial charge in [-0.05, 0) is 134 Å². The van der Waals surface area contributed by atoms with Gasteiger partial charge in [0.2, 0.25) is 5.91 Å². The summed E-state index contributed by atoms with van der Waals surface area (Å²) in [6.45, 7) is 1.93. The molecule has 13 nitrogen and oxygen atoms in total. The first-order chi connectivity index (χ1) is 31.8. The van der Waals surface area contributed by atoms with Crippen LogP contribution in [0.3, 0.4) is 0 Å². The van der Waals surface area contributed by atoms with Crippen LogP contribution in [0.5, 0.6) is 0 Å². The number of benzene rings is 3. The minimum absolute atomic E-state index is 0.0605. The van der Waals surface area contributed by atoms with Crippen LogP contribution in [0.1, 0.15) is 40.6 Å². The predicted molar refractivity (Wildman–Crippen MR) is 262 cm³/mol. The lowest BCUT2D eigenvalue weighted by Gasteiger charge is -2.26. The molecular weight excluding hydrogens is 1190 g/mol. The number of carbonyl (C=O) groups is 1. The van der Waals surface area contributed by atoms with Crippen LogP contribution in [-0.4, -0.2) is 69.3 Å². The number of anilines is 2. The van der Waals surface area contributed by atoms with Crippen molar-refractivity contribution in [3.8, 4) is 0 Å². The molecule has 342 valence electrons. The van der Waals surface area contributed by atoms with Gasteiger partial charge in [0.1, 0.15) is 83.5 Å². The Labute approximate surface area is 418 Å². The van der Waals surface area contributed by atoms with Crippen LogP contribution in [-0.2, 0) is 25.6 Å². The first-order valence-electron chi connectivity index (χ1n) is 19.9. The Morgan fingerprint density at radius 1 is 0.621 bits per heavy atom. The Balaban J connectivity index is 0.000000137. The third-order valence-electron chi connectivity index (χ3n) is 9.82. The summed E-state index contributed by atoms with van der Waals surface area (Å²) in [6.07, 6.45) is 0. The van der Waals surface area contributed by atoms with Gasteiger partial charge in [-0.25, -0.2) is 33.1 Å². The van der Waals surface area contributed by atoms with Gasteiger partial charge in [-0.1, -0.05) is 54.6 Å². The van der Waals surface area contributed by atoms with Crippen molar-refractivity contribution in [1.82, 2.24) is 29.8 Å². The van der Waals surface area contributed by atoms with Crippen LogP contribution in [0.25, 0.3) is 11.2 Å². The molecule has 1 saturated heterocycles. The molecule has 10 rings (SSSR count). The number of nitrogens with two attached hydrogens (primary N) is 1. The number of carbonyl (C=O) groups excluding carboxylic acids is 1. The standard InChI is InChI=1S/C15H12Br2FN3O.C15H11BrFN3O.C10H10FNO2.C5H4Br2N2/c16-13-6-5-11(15(17)21-13)19-14-8-22-7-12(20-14)9-3-1-2-4-10(9)18;16-13-6-5-11-15(19-13)20-12(7-21-8-14(20)18-11)9-3-1-2-4-10(9)17;11-8-4-2-1-3-7(8)9-5-14-6-10(13)12-9;6-4-2-1-3(8)5(7)9-4/h1-6,12H,7-8H2,(H,19,20);1-6,12H,7-8H2;1-4,9H,5-6H2,(H,12,13);1-2H,8H2. The van der Waals surface area contributed by atoms with Crippen molar-refractivity contribution in [3.63, 3.8) is 0 Å². The fraction of sp³-hybridized carbons (Fsp3) is 0.200. The largest absolute Gasteiger partial charge is 0.397 e. The van der Waals surface area contributed by atoms with E-state index in [1.54, 1.807) is 60.7 Å². The highest BCUT2D eigenvalue weighted by molar-refractivity contribution is 9.11. The van der Waals surface area contributed by atoms with Crippen LogP contribution in [0.15, 0.2) is 137 Å². The number of aliphatic imine (C=N–C) groups is 1. The second kappa shape index (κ2) is 23.4. The van der Waals surface area contributed by atoms with Crippen molar-refractivity contribution in [2.45, 2.75) is 24.7 Å². The molecule has 0 bridgehead atoms. The smallest absolute Gasteiger partial charge is 0.246 e. The number of hydrogen-bond acceptors (Lipinski definition) is 11. The number of fused-ring (bicyclic) bond motifs is 3. The van der Waals surface area contributed by atoms with Crippen molar-refractivity contribution in [2.24, 2.45) is 4.99 Å². The highest BCUT2D eigenvalue weighted by Crippen LogP contribution is 2.32. The third-order valence-corrected chi connectivity index (χ3v) is 12.4. The Bertz CT molecular complexity index is 2860. The number of imidazole rings is 1. The molecule has 0 saturated carbocycles. The monoisotopic (exact) mass is 1220 g/mol. The molecule has 3 aliphatic rings. The van der Waals surface area contributed by atoms with Crippen molar-refractivity contribution >= 4 is 114 Å². The highest BCUT2D eigenvalue weighted by atomic mass is 79.9. The molecule has 66 heavy (non-hydrogen) atoms. The van der Waals surface area contributed by atoms with Gasteiger partial charge in [-0.2, -0.15) is 0 Å². The van der Waals surface area contributed by atoms with E-state index in [-0.39, 0.29) is 48.1 Å². The maximum absolute atomic E-state index is 14.1. The first-order valence-corrected chi connectivity index (χ1v) is 23.8. The lowest BCUT2D eigenvalue weighted by Crippen LogP contribution is -2.40. The predicted octanol–water partition coefficient (Wildman–Crippen LogP) is 11.0. The van der Waals surface area contributed by atoms with Gasteiger partial charge in [0.25, 0.3) is 0 Å². The van der Waals surface area contributed by atoms with E-state index in [9.17, 15) is 18.0 Å². The minimum Gasteiger partial charge on any atom is -0.397 e. The minimum atomic E-state index is -0.363. The Hall–Kier alpha value is -4.61. The Kier molecular flexibility index (Phi) is 17.5. The zero-order valence-corrected chi connectivity index (χ0v) is 42.2. The van der Waals surface area contributed by atoms with Gasteiger partial charge in [-0.3, -0.25) is 9.79 Å². The van der Waals surface area contributed by atoms with E-state index in [1.807, 2.05) is 34.9 Å². The summed E-state index contributed by atoms with van der Waals surface area (Å²) in [5, 5.41) is 5.84. The van der Waals surface area contributed by atoms with Crippen molar-refractivity contribution < 1.29 is 32.2 Å². The molecule has 1 amide bonds. The average Bonchev–Trinajstić information content (AvgIpc) is 3.68. The van der Waals surface area contributed by atoms with E-state index in [4.69, 9.17) is 19.9 Å². The number of halogens is 8. The maximum atomic E-state index is 14.1. The molecule has 3 aromatic carbocycles. The molecule has 3 aliphatic heterocycles. The molecule has 0 spiro atoms. The van der Waals surface area contributed by atoms with Crippen molar-refractivity contribution in [1.29, 1.82) is 0 Å². The summed E-state index contributed by atoms with van der Waals surface area (Å²) >= 11 is 16.4. The molecule has 4 N–H and O–H groups in total. The summed E-state index contributed by atoms with van der Waals surface area (Å²) < 4.78 is 63.0. The molecule has 3 unspecified atom stereocenters. The number of ether oxygens (including phenoxy) is 3. The van der Waals surface area contributed by atoms with Gasteiger partial charge in [0.05, 0.1) is 43.3 Å². The van der Waals surface area contributed by atoms with Gasteiger partial charge in [0.15, 0.2) is 5.65 Å². The van der Waals surface area contributed by atoms with Crippen LogP contribution in [0.2, 0.25) is 0 Å². The topological polar surface area (TPSA) is 164 Å². The molecule has 1 fully saturated rings. The van der Waals surface area contributed by atoms with Gasteiger partial charge < -0.3 is 35.1 Å². The molecule has 3 atom stereocenters. The summed E-state index contributed by atoms with van der Waals surface area (Å²) in [6, 6.07) is 29.8. The van der Waals surface area contributed by atoms with Crippen LogP contribution in [0, 0.1) is 17.5 Å². The van der Waals surface area contributed by atoms with Gasteiger partial charge >= 0.3 is 0 Å². The summed E-state index contributed by atoms with van der Waals surface area (Å²) in [5.74, 6) is 0.385. The lowest BCUT2D eigenvalue weighted by atomic mass is 10.1. The van der Waals surface area contributed by atoms with E-state index in [0.717, 1.165) is 36.5 Å². The number of morpholine rings is 1. The molecule has 4 aromatic heterocycles. The number of nitrogens with one attached hydrogen (secondary N) is 2. The normalized spacial score (nSPS) is 17.6. The second-order valence-electron chi connectivity index (χ2n) is 14.3. The summed E-state index contributed by atoms with van der Waals surface area (Å²) in [7, 11) is 0. The fourth-order valence-electron chi connectivity index (χ4n) is 6.80. The molecule has 21 heteroatoms. The number of hydrogen-bond donors (Lipinski definition) is 3. The van der Waals surface area contributed by atoms with Crippen LogP contribution in [0.4, 0.5) is 24.5 Å². The Morgan fingerprint density at radius 3 is 1.83 bits per heavy atom. The Morgan fingerprint density at radius 2 is 1.20 bits per heavy atom. The summed E-state index contributed by atoms with van der Waals surface area (Å²) in [5.41, 5.74) is 10.0. The van der Waals surface area contributed by atoms with E-state index < -0.39 is 0 Å². The SMILES string of the molecule is Fc1ccccc1C1COCC(Nc2ccc(Br)nc2Br)=N1.Fc1ccccc1C1COCc2nc3ccc(Br)nc3n21.Nc1ccc(Br)nc1Br.O=C1COCC(c2ccccc2F)N1. The number of aromatic nitrogens is 5. The van der Waals surface area contributed by atoms with Gasteiger partial charge in [0, 0.05) is 16.7 Å². The first kappa shape index (κ1) is 49.3. The number of rotatable bonds is 4. The fourth-order valence-corrected chi connectivity index (χ4v) is 8.94. The number of nitrogen functional groups attached to an aromatic ring is 1. The zero-order chi connectivity index (χ0) is 46.7.